The average Bonchev–Trinajstić information content (AvgIpc) is 2.83. The number of rotatable bonds is 3. The number of allylic oxidation sites excluding steroid dienone is 10. The summed E-state index contributed by atoms with van der Waals surface area (Å²) in [5.74, 6) is 1.68. The first kappa shape index (κ1) is 26.4. The molecule has 1 aliphatic heterocycles. The minimum absolute atomic E-state index is 0. The fourth-order valence-corrected chi connectivity index (χ4v) is 3.21. The number of nitrogens with zero attached hydrogens (tertiary/aromatic N) is 1. The Labute approximate surface area is 197 Å². The molecule has 2 aromatic rings. The SMILES string of the molecule is C[N+](C)=C1C=CC(=CC=C2C=C(c3ccccc3)C=C(c3ccccc3)O2)C=C1.FB(F)F.[F-]. The van der Waals surface area contributed by atoms with Crippen LogP contribution in [0.5, 0.6) is 0 Å². The highest BCUT2D eigenvalue weighted by Gasteiger charge is 2.14. The molecule has 1 heterocycles. The van der Waals surface area contributed by atoms with Gasteiger partial charge in [0, 0.05) is 17.7 Å². The van der Waals surface area contributed by atoms with Crippen molar-refractivity contribution in [3.63, 3.8) is 0 Å². The second kappa shape index (κ2) is 13.0. The van der Waals surface area contributed by atoms with E-state index in [-0.39, 0.29) is 4.70 Å². The van der Waals surface area contributed by atoms with Gasteiger partial charge in [0.1, 0.15) is 25.6 Å². The molecule has 34 heavy (non-hydrogen) atoms. The number of ether oxygens (including phenoxy) is 1. The first-order valence-electron chi connectivity index (χ1n) is 10.4. The smallest absolute Gasteiger partial charge is 0.762 e. The Balaban J connectivity index is 0.000000758. The van der Waals surface area contributed by atoms with Crippen molar-refractivity contribution in [2.24, 2.45) is 0 Å². The van der Waals surface area contributed by atoms with Gasteiger partial charge in [-0.15, -0.1) is 0 Å². The van der Waals surface area contributed by atoms with Crippen LogP contribution in [0.1, 0.15) is 11.1 Å². The van der Waals surface area contributed by atoms with Gasteiger partial charge in [0.2, 0.25) is 0 Å². The molecule has 0 radical (unpaired) electrons. The van der Waals surface area contributed by atoms with Crippen molar-refractivity contribution in [2.75, 3.05) is 14.1 Å². The maximum absolute atomic E-state index is 9.67. The van der Waals surface area contributed by atoms with Crippen LogP contribution in [0, 0.1) is 0 Å². The third-order valence-electron chi connectivity index (χ3n) is 4.83. The summed E-state index contributed by atoms with van der Waals surface area (Å²) >= 11 is 0. The third-order valence-corrected chi connectivity index (χ3v) is 4.83. The Hall–Kier alpha value is -3.87. The Morgan fingerprint density at radius 1 is 0.735 bits per heavy atom. The maximum Gasteiger partial charge on any atom is 0.762 e. The van der Waals surface area contributed by atoms with E-state index in [1.54, 1.807) is 0 Å². The second-order valence-corrected chi connectivity index (χ2v) is 7.41. The average molecular weight is 465 g/mol. The van der Waals surface area contributed by atoms with Gasteiger partial charge in [0.25, 0.3) is 0 Å². The molecule has 4 rings (SSSR count). The van der Waals surface area contributed by atoms with Crippen LogP contribution in [0.25, 0.3) is 11.3 Å². The molecule has 0 atom stereocenters. The summed E-state index contributed by atoms with van der Waals surface area (Å²) in [4.78, 5) is 0. The molecule has 0 amide bonds. The monoisotopic (exact) mass is 465 g/mol. The molecule has 0 bridgehead atoms. The Kier molecular flexibility index (Phi) is 10.1. The largest absolute Gasteiger partial charge is 1.00 e. The summed E-state index contributed by atoms with van der Waals surface area (Å²) in [6.45, 7) is 0. The highest BCUT2D eigenvalue weighted by atomic mass is 19.4. The van der Waals surface area contributed by atoms with Crippen molar-refractivity contribution in [2.45, 2.75) is 0 Å². The number of hydrogen-bond acceptors (Lipinski definition) is 1. The lowest BCUT2D eigenvalue weighted by molar-refractivity contribution is -0.462. The van der Waals surface area contributed by atoms with Gasteiger partial charge in [-0.3, -0.25) is 12.9 Å². The predicted octanol–water partition coefficient (Wildman–Crippen LogP) is 3.67. The quantitative estimate of drug-likeness (QED) is 0.383. The van der Waals surface area contributed by atoms with Crippen molar-refractivity contribution in [3.8, 4) is 0 Å². The van der Waals surface area contributed by atoms with E-state index in [1.165, 1.54) is 11.3 Å². The van der Waals surface area contributed by atoms with Crippen LogP contribution in [0.15, 0.2) is 121 Å². The van der Waals surface area contributed by atoms with Gasteiger partial charge in [-0.25, -0.2) is 4.58 Å². The molecule has 0 saturated heterocycles. The zero-order chi connectivity index (χ0) is 23.6. The van der Waals surface area contributed by atoms with Crippen LogP contribution in [0.4, 0.5) is 12.9 Å². The fraction of sp³-hybridized carbons (Fsp3) is 0.0741. The summed E-state index contributed by atoms with van der Waals surface area (Å²) in [5, 5.41) is 0. The Bertz CT molecular complexity index is 1150. The summed E-state index contributed by atoms with van der Waals surface area (Å²) in [6, 6.07) is 20.6. The molecule has 7 heteroatoms. The summed E-state index contributed by atoms with van der Waals surface area (Å²) in [5.41, 5.74) is 5.69. The summed E-state index contributed by atoms with van der Waals surface area (Å²) in [7, 11) is 0.424. The van der Waals surface area contributed by atoms with Gasteiger partial charge in [-0.1, -0.05) is 66.7 Å². The highest BCUT2D eigenvalue weighted by molar-refractivity contribution is 6.33. The lowest BCUT2D eigenvalue weighted by Gasteiger charge is -2.18. The van der Waals surface area contributed by atoms with Crippen LogP contribution in [0.2, 0.25) is 0 Å². The predicted molar refractivity (Wildman–Crippen MR) is 131 cm³/mol. The maximum atomic E-state index is 9.67. The fourth-order valence-electron chi connectivity index (χ4n) is 3.21. The molecule has 1 aliphatic carbocycles. The Morgan fingerprint density at radius 2 is 1.26 bits per heavy atom. The zero-order valence-corrected chi connectivity index (χ0v) is 18.8. The number of benzene rings is 2. The van der Waals surface area contributed by atoms with Crippen LogP contribution >= 0.6 is 0 Å². The molecule has 0 aromatic heterocycles. The molecule has 2 aromatic carbocycles. The molecule has 0 unspecified atom stereocenters. The van der Waals surface area contributed by atoms with Gasteiger partial charge < -0.3 is 9.44 Å². The first-order chi connectivity index (χ1) is 15.9. The van der Waals surface area contributed by atoms with E-state index in [1.807, 2.05) is 44.4 Å². The van der Waals surface area contributed by atoms with Gasteiger partial charge in [-0.05, 0) is 47.1 Å². The number of halogens is 4. The van der Waals surface area contributed by atoms with E-state index in [0.29, 0.717) is 0 Å². The summed E-state index contributed by atoms with van der Waals surface area (Å²) < 4.78 is 37.3. The van der Waals surface area contributed by atoms with Crippen LogP contribution in [-0.4, -0.2) is 31.9 Å². The lowest BCUT2D eigenvalue weighted by Crippen LogP contribution is -3.00. The molecular formula is C27H24BF4NO. The zero-order valence-electron chi connectivity index (χ0n) is 18.8. The molecule has 0 N–H and O–H groups in total. The van der Waals surface area contributed by atoms with Gasteiger partial charge in [-0.2, -0.15) is 0 Å². The van der Waals surface area contributed by atoms with Gasteiger partial charge in [0.15, 0.2) is 5.71 Å². The van der Waals surface area contributed by atoms with E-state index in [4.69, 9.17) is 4.74 Å². The molecule has 2 aliphatic rings. The van der Waals surface area contributed by atoms with E-state index < -0.39 is 7.54 Å². The molecular weight excluding hydrogens is 441 g/mol. The van der Waals surface area contributed by atoms with Crippen LogP contribution in [0.3, 0.4) is 0 Å². The number of hydrogen-bond donors (Lipinski definition) is 0. The van der Waals surface area contributed by atoms with Crippen molar-refractivity contribution < 1.29 is 27.0 Å². The van der Waals surface area contributed by atoms with Gasteiger partial charge >= 0.3 is 7.54 Å². The lowest BCUT2D eigenvalue weighted by atomic mass is 10.0. The van der Waals surface area contributed by atoms with E-state index in [9.17, 15) is 12.9 Å². The van der Waals surface area contributed by atoms with Crippen molar-refractivity contribution >= 4 is 24.6 Å². The molecule has 0 spiro atoms. The minimum atomic E-state index is -3.67. The topological polar surface area (TPSA) is 12.2 Å². The molecule has 174 valence electrons. The second-order valence-electron chi connectivity index (χ2n) is 7.41. The van der Waals surface area contributed by atoms with E-state index in [2.05, 4.69) is 83.5 Å². The first-order valence-corrected chi connectivity index (χ1v) is 10.4. The summed E-state index contributed by atoms with van der Waals surface area (Å²) in [6.07, 6.45) is 16.8. The third kappa shape index (κ3) is 7.92. The van der Waals surface area contributed by atoms with E-state index in [0.717, 1.165) is 28.2 Å². The standard InChI is InChI=1S/C27H24NO.BF3.FH/c1-28(2)25-16-13-21(14-17-25)15-18-26-19-24(22-9-5-3-6-10-22)20-27(29-26)23-11-7-4-8-12-23;2-1(3)4;/h3-20H,1-2H3;;1H/q+1;;/p-1. The minimum Gasteiger partial charge on any atom is -1.00 e. The van der Waals surface area contributed by atoms with E-state index >= 15 is 0 Å². The van der Waals surface area contributed by atoms with Crippen LogP contribution < -0.4 is 4.70 Å². The van der Waals surface area contributed by atoms with Crippen molar-refractivity contribution in [1.82, 2.24) is 0 Å². The molecule has 0 fully saturated rings. The molecule has 0 saturated carbocycles. The van der Waals surface area contributed by atoms with Crippen LogP contribution in [-0.2, 0) is 4.74 Å². The van der Waals surface area contributed by atoms with Gasteiger partial charge in [0.05, 0.1) is 0 Å². The van der Waals surface area contributed by atoms with Crippen molar-refractivity contribution in [1.29, 1.82) is 0 Å². The molecule has 2 nitrogen and oxygen atoms in total. The Morgan fingerprint density at radius 3 is 1.79 bits per heavy atom. The normalized spacial score (nSPS) is 15.3. The van der Waals surface area contributed by atoms with Crippen molar-refractivity contribution in [3.05, 3.63) is 132 Å². The highest BCUT2D eigenvalue weighted by Crippen LogP contribution is 2.31.